The zero-order valence-electron chi connectivity index (χ0n) is 16.6. The molecule has 30 heavy (non-hydrogen) atoms. The van der Waals surface area contributed by atoms with Gasteiger partial charge < -0.3 is 15.8 Å². The van der Waals surface area contributed by atoms with Crippen LogP contribution in [0.3, 0.4) is 0 Å². The number of anilines is 1. The van der Waals surface area contributed by atoms with Crippen molar-refractivity contribution in [2.45, 2.75) is 12.8 Å². The number of amides is 1. The van der Waals surface area contributed by atoms with E-state index >= 15 is 0 Å². The average molecular weight is 401 g/mol. The Kier molecular flexibility index (Phi) is 6.60. The number of nitrogens with two attached hydrogens (primary N) is 1. The molecule has 3 aromatic rings. The molecule has 0 saturated carbocycles. The molecule has 0 radical (unpaired) electrons. The second-order valence-corrected chi connectivity index (χ2v) is 6.87. The van der Waals surface area contributed by atoms with Gasteiger partial charge in [0.25, 0.3) is 0 Å². The van der Waals surface area contributed by atoms with Crippen LogP contribution in [-0.4, -0.2) is 24.8 Å². The number of rotatable bonds is 7. The van der Waals surface area contributed by atoms with E-state index < -0.39 is 0 Å². The SMILES string of the molecule is COC(=O)Cc1cccc(NC(=O)Cc2ccc(-c3ccc(C(=N)N)cc3)cc2)c1. The van der Waals surface area contributed by atoms with Crippen LogP contribution in [-0.2, 0) is 27.2 Å². The highest BCUT2D eigenvalue weighted by Crippen LogP contribution is 2.21. The molecular weight excluding hydrogens is 378 g/mol. The standard InChI is InChI=1S/C24H23N3O3/c1-30-23(29)15-17-3-2-4-21(13-17)27-22(28)14-16-5-7-18(8-6-16)19-9-11-20(12-10-19)24(25)26/h2-13H,14-15H2,1H3,(H3,25,26)(H,27,28). The molecule has 3 aromatic carbocycles. The first kappa shape index (κ1) is 20.8. The molecule has 0 aromatic heterocycles. The van der Waals surface area contributed by atoms with Crippen LogP contribution in [0.5, 0.6) is 0 Å². The minimum atomic E-state index is -0.325. The van der Waals surface area contributed by atoms with Crippen LogP contribution in [0.4, 0.5) is 5.69 Å². The second-order valence-electron chi connectivity index (χ2n) is 6.87. The van der Waals surface area contributed by atoms with Gasteiger partial charge in [-0.15, -0.1) is 0 Å². The molecule has 3 rings (SSSR count). The van der Waals surface area contributed by atoms with Gasteiger partial charge in [-0.3, -0.25) is 15.0 Å². The normalized spacial score (nSPS) is 10.3. The lowest BCUT2D eigenvalue weighted by molar-refractivity contribution is -0.139. The predicted molar refractivity (Wildman–Crippen MR) is 117 cm³/mol. The highest BCUT2D eigenvalue weighted by Gasteiger charge is 2.08. The maximum Gasteiger partial charge on any atom is 0.309 e. The molecule has 1 amide bonds. The molecule has 6 nitrogen and oxygen atoms in total. The predicted octanol–water partition coefficient (Wildman–Crippen LogP) is 3.53. The van der Waals surface area contributed by atoms with Gasteiger partial charge in [0.1, 0.15) is 5.84 Å². The van der Waals surface area contributed by atoms with E-state index in [4.69, 9.17) is 11.1 Å². The van der Waals surface area contributed by atoms with Crippen LogP contribution in [0.25, 0.3) is 11.1 Å². The second kappa shape index (κ2) is 9.52. The number of nitrogens with one attached hydrogen (secondary N) is 2. The first-order chi connectivity index (χ1) is 14.4. The van der Waals surface area contributed by atoms with Crippen LogP contribution in [0, 0.1) is 5.41 Å². The molecule has 0 fully saturated rings. The smallest absolute Gasteiger partial charge is 0.309 e. The lowest BCUT2D eigenvalue weighted by Gasteiger charge is -2.08. The van der Waals surface area contributed by atoms with Crippen LogP contribution >= 0.6 is 0 Å². The molecule has 0 aliphatic rings. The van der Waals surface area contributed by atoms with Crippen molar-refractivity contribution in [2.75, 3.05) is 12.4 Å². The molecule has 4 N–H and O–H groups in total. The number of amidine groups is 1. The van der Waals surface area contributed by atoms with Crippen molar-refractivity contribution in [1.29, 1.82) is 5.41 Å². The van der Waals surface area contributed by atoms with Gasteiger partial charge in [0.15, 0.2) is 0 Å². The number of carbonyl (C=O) groups excluding carboxylic acids is 2. The van der Waals surface area contributed by atoms with Crippen molar-refractivity contribution in [3.05, 3.63) is 89.5 Å². The summed E-state index contributed by atoms with van der Waals surface area (Å²) in [4.78, 5) is 23.8. The summed E-state index contributed by atoms with van der Waals surface area (Å²) < 4.78 is 4.67. The topological polar surface area (TPSA) is 105 Å². The number of benzene rings is 3. The van der Waals surface area contributed by atoms with Gasteiger partial charge in [0.05, 0.1) is 20.0 Å². The monoisotopic (exact) mass is 401 g/mol. The summed E-state index contributed by atoms with van der Waals surface area (Å²) in [5.74, 6) is -0.419. The Labute approximate surface area is 175 Å². The van der Waals surface area contributed by atoms with Gasteiger partial charge in [-0.2, -0.15) is 0 Å². The molecular formula is C24H23N3O3. The van der Waals surface area contributed by atoms with Crippen LogP contribution in [0.15, 0.2) is 72.8 Å². The van der Waals surface area contributed by atoms with Crippen molar-refractivity contribution >= 4 is 23.4 Å². The Balaban J connectivity index is 1.61. The fourth-order valence-electron chi connectivity index (χ4n) is 3.05. The Bertz CT molecular complexity index is 1060. The number of ether oxygens (including phenoxy) is 1. The number of carbonyl (C=O) groups is 2. The van der Waals surface area contributed by atoms with Gasteiger partial charge in [0, 0.05) is 11.3 Å². The third-order valence-corrected chi connectivity index (χ3v) is 4.63. The van der Waals surface area contributed by atoms with E-state index in [9.17, 15) is 9.59 Å². The number of nitrogen functional groups attached to an aromatic ring is 1. The van der Waals surface area contributed by atoms with E-state index in [1.807, 2.05) is 54.6 Å². The Morgan fingerprint density at radius 2 is 1.53 bits per heavy atom. The van der Waals surface area contributed by atoms with Crippen LogP contribution < -0.4 is 11.1 Å². The molecule has 152 valence electrons. The minimum Gasteiger partial charge on any atom is -0.469 e. The minimum absolute atomic E-state index is 0.0405. The van der Waals surface area contributed by atoms with E-state index in [1.54, 1.807) is 18.2 Å². The number of esters is 1. The fraction of sp³-hybridized carbons (Fsp3) is 0.125. The zero-order valence-corrected chi connectivity index (χ0v) is 16.6. The molecule has 0 spiro atoms. The summed E-state index contributed by atoms with van der Waals surface area (Å²) in [7, 11) is 1.35. The van der Waals surface area contributed by atoms with Gasteiger partial charge in [-0.1, -0.05) is 60.7 Å². The van der Waals surface area contributed by atoms with Crippen LogP contribution in [0.1, 0.15) is 16.7 Å². The van der Waals surface area contributed by atoms with Gasteiger partial charge in [-0.05, 0) is 34.4 Å². The average Bonchev–Trinajstić information content (AvgIpc) is 2.74. The molecule has 0 aliphatic heterocycles. The highest BCUT2D eigenvalue weighted by molar-refractivity contribution is 5.95. The van der Waals surface area contributed by atoms with E-state index in [1.165, 1.54) is 7.11 Å². The van der Waals surface area contributed by atoms with Gasteiger partial charge in [0.2, 0.25) is 5.91 Å². The summed E-state index contributed by atoms with van der Waals surface area (Å²) in [6.45, 7) is 0. The first-order valence-electron chi connectivity index (χ1n) is 9.44. The lowest BCUT2D eigenvalue weighted by Crippen LogP contribution is -2.14. The maximum atomic E-state index is 12.4. The molecule has 0 heterocycles. The van der Waals surface area contributed by atoms with Crippen molar-refractivity contribution in [2.24, 2.45) is 5.73 Å². The quantitative estimate of drug-likeness (QED) is 0.320. The molecule has 0 unspecified atom stereocenters. The van der Waals surface area contributed by atoms with E-state index in [2.05, 4.69) is 10.1 Å². The molecule has 0 bridgehead atoms. The number of methoxy groups -OCH3 is 1. The van der Waals surface area contributed by atoms with Gasteiger partial charge in [-0.25, -0.2) is 0 Å². The van der Waals surface area contributed by atoms with Crippen molar-refractivity contribution in [3.63, 3.8) is 0 Å². The summed E-state index contributed by atoms with van der Waals surface area (Å²) in [6.07, 6.45) is 0.403. The highest BCUT2D eigenvalue weighted by atomic mass is 16.5. The zero-order chi connectivity index (χ0) is 21.5. The summed E-state index contributed by atoms with van der Waals surface area (Å²) in [5.41, 5.74) is 10.5. The molecule has 0 atom stereocenters. The summed E-state index contributed by atoms with van der Waals surface area (Å²) in [6, 6.07) is 22.4. The molecule has 0 saturated heterocycles. The lowest BCUT2D eigenvalue weighted by atomic mass is 10.0. The Morgan fingerprint density at radius 3 is 2.13 bits per heavy atom. The third-order valence-electron chi connectivity index (χ3n) is 4.63. The Morgan fingerprint density at radius 1 is 0.900 bits per heavy atom. The summed E-state index contributed by atoms with van der Waals surface area (Å²) >= 11 is 0. The number of hydrogen-bond acceptors (Lipinski definition) is 4. The van der Waals surface area contributed by atoms with Crippen LogP contribution in [0.2, 0.25) is 0 Å². The maximum absolute atomic E-state index is 12.4. The van der Waals surface area contributed by atoms with Crippen molar-refractivity contribution in [1.82, 2.24) is 0 Å². The number of hydrogen-bond donors (Lipinski definition) is 3. The molecule has 6 heteroatoms. The van der Waals surface area contributed by atoms with Crippen molar-refractivity contribution < 1.29 is 14.3 Å². The molecule has 0 aliphatic carbocycles. The van der Waals surface area contributed by atoms with Crippen molar-refractivity contribution in [3.8, 4) is 11.1 Å². The fourth-order valence-corrected chi connectivity index (χ4v) is 3.05. The first-order valence-corrected chi connectivity index (χ1v) is 9.44. The van der Waals surface area contributed by atoms with E-state index in [0.717, 1.165) is 22.3 Å². The van der Waals surface area contributed by atoms with E-state index in [0.29, 0.717) is 11.3 Å². The van der Waals surface area contributed by atoms with Gasteiger partial charge >= 0.3 is 5.97 Å². The largest absolute Gasteiger partial charge is 0.469 e. The van der Waals surface area contributed by atoms with E-state index in [-0.39, 0.29) is 30.6 Å². The summed E-state index contributed by atoms with van der Waals surface area (Å²) in [5, 5.41) is 10.3. The Hall–Kier alpha value is -3.93. The third kappa shape index (κ3) is 5.54.